The summed E-state index contributed by atoms with van der Waals surface area (Å²) in [7, 11) is 11.1. The van der Waals surface area contributed by atoms with Gasteiger partial charge in [-0.2, -0.15) is 0 Å². The molecule has 0 rings (SSSR count). The summed E-state index contributed by atoms with van der Waals surface area (Å²) in [6.45, 7) is 3.31. The van der Waals surface area contributed by atoms with Gasteiger partial charge in [0, 0.05) is 12.3 Å². The fraction of sp³-hybridized carbons (Fsp3) is 1.00. The summed E-state index contributed by atoms with van der Waals surface area (Å²) in [5, 5.41) is 0.0887. The summed E-state index contributed by atoms with van der Waals surface area (Å²) in [5.74, 6) is 0.540. The number of alkyl halides is 2. The van der Waals surface area contributed by atoms with E-state index in [0.717, 1.165) is 22.1 Å². The number of rotatable bonds is 7. The number of halogens is 2. The molecular weight excluding hydrogens is 231 g/mol. The molecule has 1 unspecified atom stereocenters. The van der Waals surface area contributed by atoms with Gasteiger partial charge in [0.2, 0.25) is 0 Å². The van der Waals surface area contributed by atoms with Crippen LogP contribution in [-0.2, 0) is 0 Å². The predicted molar refractivity (Wildman–Crippen MR) is 69.7 cm³/mol. The third-order valence-corrected chi connectivity index (χ3v) is 3.27. The van der Waals surface area contributed by atoms with Crippen LogP contribution in [0.1, 0.15) is 6.42 Å². The molecule has 0 saturated heterocycles. The van der Waals surface area contributed by atoms with Crippen molar-refractivity contribution in [1.82, 2.24) is 0 Å². The van der Waals surface area contributed by atoms with Crippen LogP contribution in [0.4, 0.5) is 0 Å². The molecule has 92 valence electrons. The van der Waals surface area contributed by atoms with Gasteiger partial charge in [0.05, 0.1) is 60.2 Å². The van der Waals surface area contributed by atoms with E-state index in [-0.39, 0.29) is 5.38 Å². The van der Waals surface area contributed by atoms with Crippen LogP contribution in [-0.4, -0.2) is 75.1 Å². The van der Waals surface area contributed by atoms with Crippen molar-refractivity contribution in [3.63, 3.8) is 0 Å². The Labute approximate surface area is 105 Å². The lowest BCUT2D eigenvalue weighted by Gasteiger charge is -2.32. The molecule has 0 aliphatic heterocycles. The smallest absolute Gasteiger partial charge is 0.0960 e. The topological polar surface area (TPSA) is 0 Å². The Balaban J connectivity index is 3.84. The van der Waals surface area contributed by atoms with Crippen LogP contribution in [0, 0.1) is 0 Å². The molecule has 0 spiro atoms. The van der Waals surface area contributed by atoms with Gasteiger partial charge in [-0.3, -0.25) is 0 Å². The highest BCUT2D eigenvalue weighted by Crippen LogP contribution is 2.08. The van der Waals surface area contributed by atoms with Gasteiger partial charge in [-0.15, -0.1) is 23.2 Å². The number of quaternary nitrogens is 2. The summed E-state index contributed by atoms with van der Waals surface area (Å²) in [5.41, 5.74) is 0. The molecule has 0 aromatic heterocycles. The van der Waals surface area contributed by atoms with Crippen LogP contribution in [0.3, 0.4) is 0 Å². The van der Waals surface area contributed by atoms with Crippen LogP contribution in [0.15, 0.2) is 0 Å². The summed E-state index contributed by atoms with van der Waals surface area (Å²) in [6, 6.07) is 0. The maximum atomic E-state index is 6.07. The first-order valence-corrected chi connectivity index (χ1v) is 6.46. The zero-order valence-electron chi connectivity index (χ0n) is 10.8. The Morgan fingerprint density at radius 3 is 1.93 bits per heavy atom. The van der Waals surface area contributed by atoms with E-state index in [1.54, 1.807) is 0 Å². The van der Waals surface area contributed by atoms with Gasteiger partial charge in [0.15, 0.2) is 0 Å². The third-order valence-electron chi connectivity index (χ3n) is 2.45. The highest BCUT2D eigenvalue weighted by Gasteiger charge is 2.20. The molecule has 0 aromatic rings. The molecule has 0 aliphatic rings. The minimum Gasteiger partial charge on any atom is -0.331 e. The Bertz CT molecular complexity index is 176. The van der Waals surface area contributed by atoms with Gasteiger partial charge in [-0.1, -0.05) is 0 Å². The van der Waals surface area contributed by atoms with E-state index in [2.05, 4.69) is 35.2 Å². The van der Waals surface area contributed by atoms with Gasteiger partial charge in [-0.05, 0) is 0 Å². The fourth-order valence-corrected chi connectivity index (χ4v) is 2.12. The second-order valence-corrected chi connectivity index (χ2v) is 6.89. The molecule has 0 bridgehead atoms. The quantitative estimate of drug-likeness (QED) is 0.483. The van der Waals surface area contributed by atoms with E-state index >= 15 is 0 Å². The summed E-state index contributed by atoms with van der Waals surface area (Å²) in [6.07, 6.45) is 1.22. The van der Waals surface area contributed by atoms with Crippen LogP contribution in [0.25, 0.3) is 0 Å². The van der Waals surface area contributed by atoms with E-state index in [9.17, 15) is 0 Å². The average Bonchev–Trinajstić information content (AvgIpc) is 2.00. The molecule has 0 amide bonds. The maximum absolute atomic E-state index is 6.07. The van der Waals surface area contributed by atoms with Crippen LogP contribution in [0.5, 0.6) is 0 Å². The molecule has 4 heteroatoms. The minimum atomic E-state index is 0.0887. The van der Waals surface area contributed by atoms with Crippen molar-refractivity contribution in [2.75, 3.05) is 60.8 Å². The Kier molecular flexibility index (Phi) is 6.50. The first-order chi connectivity index (χ1) is 6.66. The number of hydrogen-bond donors (Lipinski definition) is 0. The fourth-order valence-electron chi connectivity index (χ4n) is 1.65. The third kappa shape index (κ3) is 9.43. The molecule has 0 heterocycles. The molecule has 2 nitrogen and oxygen atoms in total. The van der Waals surface area contributed by atoms with E-state index in [0.29, 0.717) is 5.88 Å². The van der Waals surface area contributed by atoms with E-state index in [1.807, 2.05) is 0 Å². The Morgan fingerprint density at radius 1 is 1.00 bits per heavy atom. The van der Waals surface area contributed by atoms with Crippen molar-refractivity contribution in [2.24, 2.45) is 0 Å². The second kappa shape index (κ2) is 6.29. The first kappa shape index (κ1) is 15.5. The second-order valence-electron chi connectivity index (χ2n) is 5.96. The van der Waals surface area contributed by atoms with Gasteiger partial charge in [-0.25, -0.2) is 0 Å². The lowest BCUT2D eigenvalue weighted by molar-refractivity contribution is -0.901. The highest BCUT2D eigenvalue weighted by molar-refractivity contribution is 6.28. The van der Waals surface area contributed by atoms with Crippen molar-refractivity contribution < 1.29 is 8.97 Å². The van der Waals surface area contributed by atoms with E-state index in [1.165, 1.54) is 13.0 Å². The zero-order chi connectivity index (χ0) is 12.1. The normalized spacial score (nSPS) is 15.4. The maximum Gasteiger partial charge on any atom is 0.0960 e. The minimum absolute atomic E-state index is 0.0887. The lowest BCUT2D eigenvalue weighted by Crippen LogP contribution is -2.47. The highest BCUT2D eigenvalue weighted by atomic mass is 35.5. The van der Waals surface area contributed by atoms with Crippen molar-refractivity contribution in [3.05, 3.63) is 0 Å². The van der Waals surface area contributed by atoms with Crippen molar-refractivity contribution in [3.8, 4) is 0 Å². The lowest BCUT2D eigenvalue weighted by atomic mass is 10.3. The molecule has 0 saturated carbocycles. The van der Waals surface area contributed by atoms with Crippen molar-refractivity contribution >= 4 is 23.2 Å². The van der Waals surface area contributed by atoms with E-state index in [4.69, 9.17) is 23.2 Å². The van der Waals surface area contributed by atoms with Crippen LogP contribution < -0.4 is 0 Å². The average molecular weight is 257 g/mol. The molecule has 0 aromatic carbocycles. The van der Waals surface area contributed by atoms with Crippen molar-refractivity contribution in [2.45, 2.75) is 11.8 Å². The van der Waals surface area contributed by atoms with Crippen LogP contribution >= 0.6 is 23.2 Å². The number of hydrogen-bond acceptors (Lipinski definition) is 0. The molecule has 0 fully saturated rings. The van der Waals surface area contributed by atoms with Gasteiger partial charge in [0.25, 0.3) is 0 Å². The molecular formula is C11H26Cl2N2+2. The summed E-state index contributed by atoms with van der Waals surface area (Å²) in [4.78, 5) is 0. The predicted octanol–water partition coefficient (Wildman–Crippen LogP) is 2.01. The van der Waals surface area contributed by atoms with E-state index < -0.39 is 0 Å². The van der Waals surface area contributed by atoms with Gasteiger partial charge < -0.3 is 8.97 Å². The summed E-state index contributed by atoms with van der Waals surface area (Å²) < 4.78 is 1.99. The first-order valence-electron chi connectivity index (χ1n) is 5.49. The van der Waals surface area contributed by atoms with Gasteiger partial charge >= 0.3 is 0 Å². The molecule has 15 heavy (non-hydrogen) atoms. The van der Waals surface area contributed by atoms with Crippen LogP contribution in [0.2, 0.25) is 0 Å². The Morgan fingerprint density at radius 2 is 1.53 bits per heavy atom. The monoisotopic (exact) mass is 256 g/mol. The molecule has 0 N–H and O–H groups in total. The zero-order valence-corrected chi connectivity index (χ0v) is 12.3. The summed E-state index contributed by atoms with van der Waals surface area (Å²) >= 11 is 11.8. The number of nitrogens with zero attached hydrogens (tertiary/aromatic N) is 2. The van der Waals surface area contributed by atoms with Gasteiger partial charge in [0.1, 0.15) is 0 Å². The molecule has 1 atom stereocenters. The largest absolute Gasteiger partial charge is 0.331 e. The standard InChI is InChI=1S/C11H26Cl2N2/c1-14(2,3)7-6-8-15(4,5)10-11(13)9-12/h11H,6-10H2,1-5H3/q+2. The molecule has 0 radical (unpaired) electrons. The SMILES string of the molecule is C[N+](C)(C)CCC[N+](C)(C)CC(Cl)CCl. The van der Waals surface area contributed by atoms with Crippen molar-refractivity contribution in [1.29, 1.82) is 0 Å². The molecule has 0 aliphatic carbocycles. The Hall–Kier alpha value is 0.500.